The number of carbonyl (C=O) groups is 2. The summed E-state index contributed by atoms with van der Waals surface area (Å²) in [4.78, 5) is 35.5. The summed E-state index contributed by atoms with van der Waals surface area (Å²) in [5.74, 6) is -0.753. The van der Waals surface area contributed by atoms with E-state index in [9.17, 15) is 14.4 Å². The quantitative estimate of drug-likeness (QED) is 0.705. The van der Waals surface area contributed by atoms with Gasteiger partial charge < -0.3 is 24.1 Å². The van der Waals surface area contributed by atoms with Gasteiger partial charge in [-0.3, -0.25) is 9.59 Å². The topological polar surface area (TPSA) is 95.9 Å². The molecule has 144 valence electrons. The van der Waals surface area contributed by atoms with Gasteiger partial charge in [-0.15, -0.1) is 0 Å². The standard InChI is InChI=1S/C19H22N2O6/c1-13-18(16(22)8-9-21(13)10-11-25-2)27-12-17(23)20-15-6-4-14(5-7-15)19(24)26-3/h4-9H,10-12H2,1-3H3,(H,20,23). The number of amides is 1. The maximum atomic E-state index is 12.1. The smallest absolute Gasteiger partial charge is 0.337 e. The second-order valence-electron chi connectivity index (χ2n) is 5.69. The third-order valence-corrected chi connectivity index (χ3v) is 3.86. The molecule has 0 spiro atoms. The molecule has 2 rings (SSSR count). The minimum atomic E-state index is -0.458. The van der Waals surface area contributed by atoms with Gasteiger partial charge >= 0.3 is 5.97 Å². The Morgan fingerprint density at radius 3 is 2.44 bits per heavy atom. The molecule has 0 saturated carbocycles. The predicted octanol–water partition coefficient (Wildman–Crippen LogP) is 1.61. The molecule has 0 aliphatic rings. The van der Waals surface area contributed by atoms with Crippen LogP contribution in [-0.2, 0) is 20.8 Å². The molecule has 1 aromatic carbocycles. The number of nitrogens with one attached hydrogen (secondary N) is 1. The van der Waals surface area contributed by atoms with Gasteiger partial charge in [0.2, 0.25) is 5.43 Å². The van der Waals surface area contributed by atoms with Crippen LogP contribution in [-0.4, -0.2) is 43.9 Å². The first kappa shape index (κ1) is 20.2. The van der Waals surface area contributed by atoms with Crippen LogP contribution in [0.4, 0.5) is 5.69 Å². The van der Waals surface area contributed by atoms with Crippen molar-refractivity contribution in [3.05, 3.63) is 58.0 Å². The van der Waals surface area contributed by atoms with Crippen LogP contribution in [0.15, 0.2) is 41.3 Å². The second kappa shape index (κ2) is 9.54. The average molecular weight is 374 g/mol. The summed E-state index contributed by atoms with van der Waals surface area (Å²) in [7, 11) is 2.89. The zero-order valence-corrected chi connectivity index (χ0v) is 15.5. The number of esters is 1. The van der Waals surface area contributed by atoms with Crippen molar-refractivity contribution in [1.29, 1.82) is 0 Å². The number of benzene rings is 1. The summed E-state index contributed by atoms with van der Waals surface area (Å²) in [6.07, 6.45) is 1.66. The highest BCUT2D eigenvalue weighted by Crippen LogP contribution is 2.13. The van der Waals surface area contributed by atoms with Crippen molar-refractivity contribution in [2.24, 2.45) is 0 Å². The van der Waals surface area contributed by atoms with Crippen LogP contribution in [0.2, 0.25) is 0 Å². The van der Waals surface area contributed by atoms with Crippen LogP contribution in [0.3, 0.4) is 0 Å². The highest BCUT2D eigenvalue weighted by atomic mass is 16.5. The number of anilines is 1. The fourth-order valence-electron chi connectivity index (χ4n) is 2.40. The Morgan fingerprint density at radius 2 is 1.81 bits per heavy atom. The third-order valence-electron chi connectivity index (χ3n) is 3.86. The molecule has 0 aliphatic heterocycles. The minimum Gasteiger partial charge on any atom is -0.478 e. The second-order valence-corrected chi connectivity index (χ2v) is 5.69. The van der Waals surface area contributed by atoms with Crippen LogP contribution in [0.25, 0.3) is 0 Å². The monoisotopic (exact) mass is 374 g/mol. The molecule has 0 bridgehead atoms. The minimum absolute atomic E-state index is 0.129. The number of aromatic nitrogens is 1. The summed E-state index contributed by atoms with van der Waals surface area (Å²) in [5.41, 5.74) is 1.20. The number of hydrogen-bond donors (Lipinski definition) is 1. The molecule has 8 heteroatoms. The van der Waals surface area contributed by atoms with Gasteiger partial charge in [0.1, 0.15) is 0 Å². The molecule has 0 radical (unpaired) electrons. The van der Waals surface area contributed by atoms with Gasteiger partial charge in [-0.2, -0.15) is 0 Å². The van der Waals surface area contributed by atoms with E-state index in [4.69, 9.17) is 9.47 Å². The van der Waals surface area contributed by atoms with Gasteiger partial charge in [0, 0.05) is 31.6 Å². The van der Waals surface area contributed by atoms with Crippen LogP contribution < -0.4 is 15.5 Å². The maximum Gasteiger partial charge on any atom is 0.337 e. The number of hydrogen-bond acceptors (Lipinski definition) is 6. The van der Waals surface area contributed by atoms with E-state index in [1.54, 1.807) is 32.4 Å². The number of methoxy groups -OCH3 is 2. The Bertz CT molecular complexity index is 857. The molecule has 1 N–H and O–H groups in total. The summed E-state index contributed by atoms with van der Waals surface area (Å²) in [5, 5.41) is 2.64. The molecule has 2 aromatic rings. The Morgan fingerprint density at radius 1 is 1.11 bits per heavy atom. The van der Waals surface area contributed by atoms with Crippen molar-refractivity contribution in [3.63, 3.8) is 0 Å². The molecule has 27 heavy (non-hydrogen) atoms. The Kier molecular flexibility index (Phi) is 7.13. The van der Waals surface area contributed by atoms with Gasteiger partial charge in [-0.05, 0) is 31.2 Å². The van der Waals surface area contributed by atoms with Gasteiger partial charge in [-0.25, -0.2) is 4.79 Å². The first-order chi connectivity index (χ1) is 13.0. The highest BCUT2D eigenvalue weighted by Gasteiger charge is 2.12. The lowest BCUT2D eigenvalue weighted by Crippen LogP contribution is -2.24. The van der Waals surface area contributed by atoms with Crippen molar-refractivity contribution in [2.45, 2.75) is 13.5 Å². The van der Waals surface area contributed by atoms with Crippen molar-refractivity contribution < 1.29 is 23.8 Å². The first-order valence-corrected chi connectivity index (χ1v) is 8.26. The molecular formula is C19H22N2O6. The number of rotatable bonds is 8. The molecule has 1 amide bonds. The van der Waals surface area contributed by atoms with E-state index in [1.807, 2.05) is 4.57 Å². The Labute approximate surface area is 156 Å². The Balaban J connectivity index is 1.99. The number of carbonyl (C=O) groups excluding carboxylic acids is 2. The lowest BCUT2D eigenvalue weighted by molar-refractivity contribution is -0.118. The first-order valence-electron chi connectivity index (χ1n) is 8.26. The van der Waals surface area contributed by atoms with Gasteiger partial charge in [0.15, 0.2) is 12.4 Å². The zero-order chi connectivity index (χ0) is 19.8. The lowest BCUT2D eigenvalue weighted by Gasteiger charge is -2.14. The fraction of sp³-hybridized carbons (Fsp3) is 0.316. The average Bonchev–Trinajstić information content (AvgIpc) is 2.67. The van der Waals surface area contributed by atoms with Gasteiger partial charge in [0.25, 0.3) is 5.91 Å². The number of ether oxygens (including phenoxy) is 3. The van der Waals surface area contributed by atoms with E-state index in [2.05, 4.69) is 10.1 Å². The molecule has 0 atom stereocenters. The van der Waals surface area contributed by atoms with E-state index >= 15 is 0 Å². The molecule has 1 heterocycles. The third kappa shape index (κ3) is 5.42. The number of nitrogens with zero attached hydrogens (tertiary/aromatic N) is 1. The van der Waals surface area contributed by atoms with Gasteiger partial charge in [0.05, 0.1) is 25.0 Å². The summed E-state index contributed by atoms with van der Waals surface area (Å²) in [6, 6.07) is 7.63. The summed E-state index contributed by atoms with van der Waals surface area (Å²) >= 11 is 0. The van der Waals surface area contributed by atoms with Crippen molar-refractivity contribution in [1.82, 2.24) is 4.57 Å². The summed E-state index contributed by atoms with van der Waals surface area (Å²) in [6.45, 7) is 2.49. The molecule has 0 unspecified atom stereocenters. The van der Waals surface area contributed by atoms with E-state index in [0.717, 1.165) is 0 Å². The SMILES string of the molecule is COCCn1ccc(=O)c(OCC(=O)Nc2ccc(C(=O)OC)cc2)c1C. The molecule has 8 nitrogen and oxygen atoms in total. The summed E-state index contributed by atoms with van der Waals surface area (Å²) < 4.78 is 16.9. The van der Waals surface area contributed by atoms with Crippen molar-refractivity contribution in [3.8, 4) is 5.75 Å². The predicted molar refractivity (Wildman–Crippen MR) is 99.2 cm³/mol. The van der Waals surface area contributed by atoms with E-state index in [-0.39, 0.29) is 17.8 Å². The van der Waals surface area contributed by atoms with Gasteiger partial charge in [-0.1, -0.05) is 0 Å². The largest absolute Gasteiger partial charge is 0.478 e. The van der Waals surface area contributed by atoms with Crippen molar-refractivity contribution in [2.75, 3.05) is 32.8 Å². The molecule has 0 saturated heterocycles. The van der Waals surface area contributed by atoms with Crippen LogP contribution in [0, 0.1) is 6.92 Å². The van der Waals surface area contributed by atoms with E-state index in [0.29, 0.717) is 30.1 Å². The maximum absolute atomic E-state index is 12.1. The fourth-order valence-corrected chi connectivity index (χ4v) is 2.40. The molecular weight excluding hydrogens is 352 g/mol. The highest BCUT2D eigenvalue weighted by molar-refractivity contribution is 5.93. The van der Waals surface area contributed by atoms with Crippen LogP contribution >= 0.6 is 0 Å². The number of pyridine rings is 1. The Hall–Kier alpha value is -3.13. The van der Waals surface area contributed by atoms with Crippen LogP contribution in [0.5, 0.6) is 5.75 Å². The normalized spacial score (nSPS) is 10.3. The molecule has 0 fully saturated rings. The van der Waals surface area contributed by atoms with E-state index < -0.39 is 11.9 Å². The van der Waals surface area contributed by atoms with E-state index in [1.165, 1.54) is 25.3 Å². The lowest BCUT2D eigenvalue weighted by atomic mass is 10.2. The molecule has 0 aliphatic carbocycles. The van der Waals surface area contributed by atoms with Crippen LogP contribution in [0.1, 0.15) is 16.1 Å². The molecule has 1 aromatic heterocycles. The zero-order valence-electron chi connectivity index (χ0n) is 15.5. The van der Waals surface area contributed by atoms with Crippen molar-refractivity contribution >= 4 is 17.6 Å².